The van der Waals surface area contributed by atoms with Crippen LogP contribution in [0, 0.1) is 5.82 Å². The minimum atomic E-state index is -0.616. The quantitative estimate of drug-likeness (QED) is 0.815. The summed E-state index contributed by atoms with van der Waals surface area (Å²) < 4.78 is 18.4. The molecule has 1 aromatic rings. The average Bonchev–Trinajstić information content (AvgIpc) is 2.19. The van der Waals surface area contributed by atoms with E-state index in [0.29, 0.717) is 5.69 Å². The van der Waals surface area contributed by atoms with Crippen molar-refractivity contribution in [1.29, 1.82) is 0 Å². The molecular weight excluding hydrogens is 235 g/mol. The van der Waals surface area contributed by atoms with Crippen molar-refractivity contribution in [2.45, 2.75) is 39.4 Å². The lowest BCUT2D eigenvalue weighted by atomic mass is 10.2. The van der Waals surface area contributed by atoms with Gasteiger partial charge in [0.05, 0.1) is 17.0 Å². The van der Waals surface area contributed by atoms with Crippen molar-refractivity contribution in [3.8, 4) is 0 Å². The van der Waals surface area contributed by atoms with Crippen molar-refractivity contribution in [1.82, 2.24) is 0 Å². The molecule has 4 nitrogen and oxygen atoms in total. The maximum atomic E-state index is 12.8. The second-order valence-corrected chi connectivity index (χ2v) is 5.09. The highest BCUT2D eigenvalue weighted by molar-refractivity contribution is 5.96. The van der Waals surface area contributed by atoms with E-state index in [-0.39, 0.29) is 11.6 Å². The molecule has 100 valence electrons. The summed E-state index contributed by atoms with van der Waals surface area (Å²) in [5.74, 6) is -0.757. The molecule has 0 saturated carbocycles. The number of anilines is 2. The predicted molar refractivity (Wildman–Crippen MR) is 69.7 cm³/mol. The third-order valence-electron chi connectivity index (χ3n) is 2.17. The molecule has 1 unspecified atom stereocenters. The van der Waals surface area contributed by atoms with E-state index in [0.717, 1.165) is 6.07 Å². The van der Waals surface area contributed by atoms with Gasteiger partial charge in [-0.05, 0) is 45.9 Å². The number of nitrogens with two attached hydrogens (primary N) is 1. The Labute approximate surface area is 106 Å². The first kappa shape index (κ1) is 14.4. The molecule has 0 aliphatic heterocycles. The van der Waals surface area contributed by atoms with Crippen LogP contribution in [0.1, 0.15) is 27.7 Å². The monoisotopic (exact) mass is 254 g/mol. The highest BCUT2D eigenvalue weighted by atomic mass is 19.1. The van der Waals surface area contributed by atoms with Crippen molar-refractivity contribution >= 4 is 17.3 Å². The molecule has 0 heterocycles. The Morgan fingerprint density at radius 1 is 1.44 bits per heavy atom. The number of carbonyl (C=O) groups excluding carboxylic acids is 1. The molecule has 0 aliphatic rings. The molecule has 18 heavy (non-hydrogen) atoms. The van der Waals surface area contributed by atoms with Gasteiger partial charge in [-0.3, -0.25) is 4.79 Å². The molecule has 3 N–H and O–H groups in total. The fourth-order valence-electron chi connectivity index (χ4n) is 1.47. The summed E-state index contributed by atoms with van der Waals surface area (Å²) in [7, 11) is 0. The zero-order valence-corrected chi connectivity index (χ0v) is 11.1. The molecule has 1 rings (SSSR count). The van der Waals surface area contributed by atoms with E-state index in [1.807, 2.05) is 20.8 Å². The number of amides is 1. The van der Waals surface area contributed by atoms with E-state index in [2.05, 4.69) is 5.32 Å². The van der Waals surface area contributed by atoms with Gasteiger partial charge < -0.3 is 15.8 Å². The van der Waals surface area contributed by atoms with Gasteiger partial charge in [0.2, 0.25) is 0 Å². The standard InChI is InChI=1S/C13H19FN2O2/c1-8(18-13(2,3)4)12(17)16-11-6-5-9(14)7-10(11)15/h5-8H,15H2,1-4H3,(H,16,17). The summed E-state index contributed by atoms with van der Waals surface area (Å²) in [5, 5.41) is 2.60. The summed E-state index contributed by atoms with van der Waals surface area (Å²) in [6, 6.07) is 3.82. The van der Waals surface area contributed by atoms with Crippen molar-refractivity contribution in [3.63, 3.8) is 0 Å². The van der Waals surface area contributed by atoms with Crippen molar-refractivity contribution in [2.24, 2.45) is 0 Å². The lowest BCUT2D eigenvalue weighted by Gasteiger charge is -2.24. The van der Waals surface area contributed by atoms with Crippen LogP contribution in [-0.4, -0.2) is 17.6 Å². The molecule has 1 atom stereocenters. The largest absolute Gasteiger partial charge is 0.397 e. The molecule has 0 fully saturated rings. The molecular formula is C13H19FN2O2. The first-order chi connectivity index (χ1) is 8.19. The van der Waals surface area contributed by atoms with E-state index >= 15 is 0 Å². The number of rotatable bonds is 3. The molecule has 0 aliphatic carbocycles. The van der Waals surface area contributed by atoms with Gasteiger partial charge in [-0.25, -0.2) is 4.39 Å². The summed E-state index contributed by atoms with van der Waals surface area (Å²) in [4.78, 5) is 11.8. The van der Waals surface area contributed by atoms with E-state index in [1.54, 1.807) is 6.92 Å². The fraction of sp³-hybridized carbons (Fsp3) is 0.462. The zero-order chi connectivity index (χ0) is 13.9. The summed E-state index contributed by atoms with van der Waals surface area (Å²) in [5.41, 5.74) is 5.76. The summed E-state index contributed by atoms with van der Waals surface area (Å²) >= 11 is 0. The second-order valence-electron chi connectivity index (χ2n) is 5.09. The number of hydrogen-bond donors (Lipinski definition) is 2. The first-order valence-electron chi connectivity index (χ1n) is 5.73. The number of halogens is 1. The van der Waals surface area contributed by atoms with Gasteiger partial charge in [0.25, 0.3) is 5.91 Å². The lowest BCUT2D eigenvalue weighted by molar-refractivity contribution is -0.135. The van der Waals surface area contributed by atoms with E-state index < -0.39 is 17.5 Å². The maximum absolute atomic E-state index is 12.8. The number of benzene rings is 1. The van der Waals surface area contributed by atoms with Crippen LogP contribution in [0.4, 0.5) is 15.8 Å². The van der Waals surface area contributed by atoms with Crippen LogP contribution < -0.4 is 11.1 Å². The van der Waals surface area contributed by atoms with Crippen LogP contribution in [0.3, 0.4) is 0 Å². The molecule has 5 heteroatoms. The van der Waals surface area contributed by atoms with Crippen molar-refractivity contribution in [2.75, 3.05) is 11.1 Å². The van der Waals surface area contributed by atoms with E-state index in [4.69, 9.17) is 10.5 Å². The smallest absolute Gasteiger partial charge is 0.253 e. The Kier molecular flexibility index (Phi) is 4.29. The zero-order valence-electron chi connectivity index (χ0n) is 11.1. The van der Waals surface area contributed by atoms with E-state index in [9.17, 15) is 9.18 Å². The van der Waals surface area contributed by atoms with Crippen LogP contribution >= 0.6 is 0 Å². The first-order valence-corrected chi connectivity index (χ1v) is 5.73. The molecule has 0 saturated heterocycles. The van der Waals surface area contributed by atoms with Crippen molar-refractivity contribution < 1.29 is 13.9 Å². The molecule has 0 radical (unpaired) electrons. The Morgan fingerprint density at radius 2 is 2.06 bits per heavy atom. The third-order valence-corrected chi connectivity index (χ3v) is 2.17. The molecule has 0 spiro atoms. The topological polar surface area (TPSA) is 64.3 Å². The van der Waals surface area contributed by atoms with Crippen LogP contribution in [0.2, 0.25) is 0 Å². The van der Waals surface area contributed by atoms with Gasteiger partial charge in [-0.15, -0.1) is 0 Å². The Morgan fingerprint density at radius 3 is 2.56 bits per heavy atom. The van der Waals surface area contributed by atoms with Crippen LogP contribution in [0.5, 0.6) is 0 Å². The van der Waals surface area contributed by atoms with E-state index in [1.165, 1.54) is 12.1 Å². The Balaban J connectivity index is 2.70. The number of carbonyl (C=O) groups is 1. The maximum Gasteiger partial charge on any atom is 0.253 e. The number of ether oxygens (including phenoxy) is 1. The highest BCUT2D eigenvalue weighted by Gasteiger charge is 2.21. The SMILES string of the molecule is CC(OC(C)(C)C)C(=O)Nc1ccc(F)cc1N. The number of nitrogens with one attached hydrogen (secondary N) is 1. The minimum Gasteiger partial charge on any atom is -0.397 e. The second kappa shape index (κ2) is 5.35. The van der Waals surface area contributed by atoms with Crippen LogP contribution in [0.25, 0.3) is 0 Å². The van der Waals surface area contributed by atoms with Gasteiger partial charge in [0.15, 0.2) is 0 Å². The lowest BCUT2D eigenvalue weighted by Crippen LogP contribution is -2.34. The minimum absolute atomic E-state index is 0.186. The molecule has 1 amide bonds. The Bertz CT molecular complexity index is 441. The van der Waals surface area contributed by atoms with Gasteiger partial charge >= 0.3 is 0 Å². The molecule has 1 aromatic carbocycles. The number of nitrogen functional groups attached to an aromatic ring is 1. The predicted octanol–water partition coefficient (Wildman–Crippen LogP) is 2.55. The van der Waals surface area contributed by atoms with Crippen molar-refractivity contribution in [3.05, 3.63) is 24.0 Å². The van der Waals surface area contributed by atoms with Crippen LogP contribution in [0.15, 0.2) is 18.2 Å². The molecule has 0 bridgehead atoms. The average molecular weight is 254 g/mol. The highest BCUT2D eigenvalue weighted by Crippen LogP contribution is 2.20. The normalized spacial score (nSPS) is 13.2. The molecule has 0 aromatic heterocycles. The van der Waals surface area contributed by atoms with Gasteiger partial charge in [0, 0.05) is 0 Å². The van der Waals surface area contributed by atoms with Gasteiger partial charge in [-0.2, -0.15) is 0 Å². The van der Waals surface area contributed by atoms with Gasteiger partial charge in [0.1, 0.15) is 11.9 Å². The fourth-order valence-corrected chi connectivity index (χ4v) is 1.47. The van der Waals surface area contributed by atoms with Crippen LogP contribution in [-0.2, 0) is 9.53 Å². The third kappa shape index (κ3) is 4.33. The number of hydrogen-bond acceptors (Lipinski definition) is 3. The summed E-state index contributed by atoms with van der Waals surface area (Å²) in [6.45, 7) is 7.25. The summed E-state index contributed by atoms with van der Waals surface area (Å²) in [6.07, 6.45) is -0.616. The Hall–Kier alpha value is -1.62. The van der Waals surface area contributed by atoms with Gasteiger partial charge in [-0.1, -0.05) is 0 Å².